The molecule has 0 saturated heterocycles. The van der Waals surface area contributed by atoms with E-state index in [9.17, 15) is 0 Å². The molecule has 0 fully saturated rings. The molecule has 0 aliphatic heterocycles. The van der Waals surface area contributed by atoms with Crippen molar-refractivity contribution in [2.24, 2.45) is 0 Å². The van der Waals surface area contributed by atoms with Crippen LogP contribution < -0.4 is 0 Å². The van der Waals surface area contributed by atoms with Crippen molar-refractivity contribution in [1.29, 1.82) is 0 Å². The van der Waals surface area contributed by atoms with E-state index in [4.69, 9.17) is 0 Å². The van der Waals surface area contributed by atoms with Crippen LogP contribution in [0, 0.1) is 0 Å². The summed E-state index contributed by atoms with van der Waals surface area (Å²) in [7, 11) is 0. The molecule has 0 radical (unpaired) electrons. The van der Waals surface area contributed by atoms with Crippen molar-refractivity contribution >= 4 is 11.2 Å². The minimum Gasteiger partial charge on any atom is -0.312 e. The lowest BCUT2D eigenvalue weighted by atomic mass is 10.0. The van der Waals surface area contributed by atoms with Gasteiger partial charge in [0.05, 0.1) is 12.5 Å². The van der Waals surface area contributed by atoms with E-state index in [1.54, 1.807) is 6.33 Å². The van der Waals surface area contributed by atoms with E-state index >= 15 is 0 Å². The molecule has 2 aromatic heterocycles. The van der Waals surface area contributed by atoms with Crippen LogP contribution in [0.1, 0.15) is 90.5 Å². The minimum atomic E-state index is 0.536. The molecule has 2 rings (SSSR count). The summed E-state index contributed by atoms with van der Waals surface area (Å²) < 4.78 is 2.29. The van der Waals surface area contributed by atoms with Crippen molar-refractivity contribution in [3.05, 3.63) is 18.9 Å². The second kappa shape index (κ2) is 10.3. The molecule has 0 aliphatic rings. The molecule has 0 aromatic carbocycles. The first-order chi connectivity index (χ1) is 11.4. The first-order valence-corrected chi connectivity index (χ1v) is 9.49. The Balaban J connectivity index is 1.97. The maximum atomic E-state index is 4.48. The molecular formula is C19H32N4. The summed E-state index contributed by atoms with van der Waals surface area (Å²) in [6.45, 7) is 4.54. The molecule has 0 saturated carbocycles. The van der Waals surface area contributed by atoms with Crippen molar-refractivity contribution in [2.75, 3.05) is 0 Å². The average Bonchev–Trinajstić information content (AvgIpc) is 3.00. The van der Waals surface area contributed by atoms with Gasteiger partial charge in [-0.25, -0.2) is 15.0 Å². The average molecular weight is 316 g/mol. The van der Waals surface area contributed by atoms with E-state index in [2.05, 4.69) is 33.4 Å². The number of hydrogen-bond acceptors (Lipinski definition) is 3. The van der Waals surface area contributed by atoms with Gasteiger partial charge in [-0.15, -0.1) is 0 Å². The van der Waals surface area contributed by atoms with Gasteiger partial charge in [-0.3, -0.25) is 0 Å². The van der Waals surface area contributed by atoms with Gasteiger partial charge in [0.25, 0.3) is 0 Å². The van der Waals surface area contributed by atoms with Crippen LogP contribution in [0.5, 0.6) is 0 Å². The molecule has 4 heteroatoms. The lowest BCUT2D eigenvalue weighted by Crippen LogP contribution is -2.09. The Hall–Kier alpha value is -1.45. The number of rotatable bonds is 12. The smallest absolute Gasteiger partial charge is 0.163 e. The Kier molecular flexibility index (Phi) is 8.05. The number of fused-ring (bicyclic) bond motifs is 1. The van der Waals surface area contributed by atoms with Crippen molar-refractivity contribution in [2.45, 2.75) is 90.5 Å². The number of imidazole rings is 1. The van der Waals surface area contributed by atoms with Crippen LogP contribution in [0.4, 0.5) is 0 Å². The van der Waals surface area contributed by atoms with Gasteiger partial charge in [-0.2, -0.15) is 0 Å². The maximum Gasteiger partial charge on any atom is 0.163 e. The molecule has 0 bridgehead atoms. The highest BCUT2D eigenvalue weighted by molar-refractivity contribution is 5.68. The van der Waals surface area contributed by atoms with E-state index in [1.165, 1.54) is 70.6 Å². The summed E-state index contributed by atoms with van der Waals surface area (Å²) in [5.41, 5.74) is 1.91. The third kappa shape index (κ3) is 5.60. The van der Waals surface area contributed by atoms with Crippen molar-refractivity contribution in [1.82, 2.24) is 19.5 Å². The van der Waals surface area contributed by atoms with Crippen molar-refractivity contribution in [3.63, 3.8) is 0 Å². The Morgan fingerprint density at radius 2 is 1.52 bits per heavy atom. The summed E-state index contributed by atoms with van der Waals surface area (Å²) in [5.74, 6) is 0. The number of aromatic nitrogens is 4. The molecule has 2 aromatic rings. The van der Waals surface area contributed by atoms with Gasteiger partial charge in [0.15, 0.2) is 5.65 Å². The molecule has 4 nitrogen and oxygen atoms in total. The molecular weight excluding hydrogens is 284 g/mol. The second-order valence-corrected chi connectivity index (χ2v) is 6.59. The zero-order valence-corrected chi connectivity index (χ0v) is 14.9. The molecule has 2 heterocycles. The topological polar surface area (TPSA) is 43.6 Å². The zero-order chi connectivity index (χ0) is 16.3. The highest BCUT2D eigenvalue weighted by Crippen LogP contribution is 2.26. The Morgan fingerprint density at radius 3 is 2.22 bits per heavy atom. The lowest BCUT2D eigenvalue weighted by Gasteiger charge is -2.19. The number of unbranched alkanes of at least 4 members (excludes halogenated alkanes) is 7. The predicted molar refractivity (Wildman–Crippen MR) is 96.5 cm³/mol. The summed E-state index contributed by atoms with van der Waals surface area (Å²) in [6, 6.07) is 0.536. The van der Waals surface area contributed by atoms with Crippen LogP contribution in [-0.2, 0) is 0 Å². The van der Waals surface area contributed by atoms with Crippen LogP contribution in [-0.4, -0.2) is 19.5 Å². The summed E-state index contributed by atoms with van der Waals surface area (Å²) in [5, 5.41) is 0. The standard InChI is InChI=1S/C19H32N4/c1-3-5-7-9-11-13-17(12-10-8-6-4-2)23-16-22-18-14-20-15-21-19(18)23/h14-17H,3-13H2,1-2H3. The Bertz CT molecular complexity index is 549. The fraction of sp³-hybridized carbons (Fsp3) is 0.737. The van der Waals surface area contributed by atoms with E-state index in [-0.39, 0.29) is 0 Å². The van der Waals surface area contributed by atoms with Gasteiger partial charge in [0.1, 0.15) is 11.8 Å². The number of nitrogens with zero attached hydrogens (tertiary/aromatic N) is 4. The third-order valence-corrected chi connectivity index (χ3v) is 4.66. The predicted octanol–water partition coefficient (Wildman–Crippen LogP) is 5.70. The summed E-state index contributed by atoms with van der Waals surface area (Å²) >= 11 is 0. The molecule has 1 unspecified atom stereocenters. The SMILES string of the molecule is CCCCCCCC(CCCCCC)n1cnc2cncnc21. The fourth-order valence-electron chi connectivity index (χ4n) is 3.26. The molecule has 1 atom stereocenters. The van der Waals surface area contributed by atoms with Crippen LogP contribution in [0.3, 0.4) is 0 Å². The summed E-state index contributed by atoms with van der Waals surface area (Å²) in [6.07, 6.45) is 19.9. The molecule has 0 amide bonds. The second-order valence-electron chi connectivity index (χ2n) is 6.59. The first kappa shape index (κ1) is 17.9. The van der Waals surface area contributed by atoms with E-state index < -0.39 is 0 Å². The highest BCUT2D eigenvalue weighted by Gasteiger charge is 2.14. The first-order valence-electron chi connectivity index (χ1n) is 9.49. The van der Waals surface area contributed by atoms with E-state index in [0.717, 1.165) is 11.2 Å². The summed E-state index contributed by atoms with van der Waals surface area (Å²) in [4.78, 5) is 13.0. The van der Waals surface area contributed by atoms with E-state index in [0.29, 0.717) is 6.04 Å². The quantitative estimate of drug-likeness (QED) is 0.472. The van der Waals surface area contributed by atoms with Gasteiger partial charge in [0, 0.05) is 6.04 Å². The lowest BCUT2D eigenvalue weighted by molar-refractivity contribution is 0.401. The molecule has 0 spiro atoms. The highest BCUT2D eigenvalue weighted by atomic mass is 15.1. The van der Waals surface area contributed by atoms with Gasteiger partial charge in [0.2, 0.25) is 0 Å². The molecule has 23 heavy (non-hydrogen) atoms. The normalized spacial score (nSPS) is 12.8. The van der Waals surface area contributed by atoms with Crippen molar-refractivity contribution in [3.8, 4) is 0 Å². The van der Waals surface area contributed by atoms with Gasteiger partial charge in [-0.05, 0) is 12.8 Å². The molecule has 0 aliphatic carbocycles. The zero-order valence-electron chi connectivity index (χ0n) is 14.9. The maximum absolute atomic E-state index is 4.48. The monoisotopic (exact) mass is 316 g/mol. The molecule has 128 valence electrons. The Morgan fingerprint density at radius 1 is 0.870 bits per heavy atom. The largest absolute Gasteiger partial charge is 0.312 e. The fourth-order valence-corrected chi connectivity index (χ4v) is 3.26. The number of hydrogen-bond donors (Lipinski definition) is 0. The van der Waals surface area contributed by atoms with Crippen LogP contribution >= 0.6 is 0 Å². The van der Waals surface area contributed by atoms with Gasteiger partial charge in [-0.1, -0.05) is 71.6 Å². The van der Waals surface area contributed by atoms with Crippen LogP contribution in [0.2, 0.25) is 0 Å². The minimum absolute atomic E-state index is 0.536. The van der Waals surface area contributed by atoms with Crippen molar-refractivity contribution < 1.29 is 0 Å². The molecule has 0 N–H and O–H groups in total. The third-order valence-electron chi connectivity index (χ3n) is 4.66. The van der Waals surface area contributed by atoms with E-state index in [1.807, 2.05) is 12.5 Å². The van der Waals surface area contributed by atoms with Crippen LogP contribution in [0.25, 0.3) is 11.2 Å². The van der Waals surface area contributed by atoms with Gasteiger partial charge < -0.3 is 4.57 Å². The Labute approximate surface area is 140 Å². The van der Waals surface area contributed by atoms with Gasteiger partial charge >= 0.3 is 0 Å². The van der Waals surface area contributed by atoms with Crippen LogP contribution in [0.15, 0.2) is 18.9 Å².